The lowest BCUT2D eigenvalue weighted by molar-refractivity contribution is -0.136. The van der Waals surface area contributed by atoms with Crippen molar-refractivity contribution in [1.29, 1.82) is 0 Å². The zero-order valence-electron chi connectivity index (χ0n) is 9.04. The average Bonchev–Trinajstić information content (AvgIpc) is 2.52. The van der Waals surface area contributed by atoms with Gasteiger partial charge in [0.15, 0.2) is 0 Å². The molecule has 1 N–H and O–H groups in total. The molecule has 1 aromatic carbocycles. The lowest BCUT2D eigenvalue weighted by atomic mass is 10.2. The van der Waals surface area contributed by atoms with Gasteiger partial charge < -0.3 is 5.32 Å². The van der Waals surface area contributed by atoms with Crippen molar-refractivity contribution in [2.45, 2.75) is 12.5 Å². The number of anilines is 1. The second-order valence-corrected chi connectivity index (χ2v) is 5.08. The maximum absolute atomic E-state index is 11.7. The molecule has 17 heavy (non-hydrogen) atoms. The van der Waals surface area contributed by atoms with Crippen LogP contribution in [0.3, 0.4) is 0 Å². The van der Waals surface area contributed by atoms with E-state index in [1.807, 2.05) is 0 Å². The van der Waals surface area contributed by atoms with Crippen LogP contribution in [0.4, 0.5) is 5.69 Å². The fraction of sp³-hybridized carbons (Fsp3) is 0.273. The normalized spacial score (nSPS) is 19.9. The van der Waals surface area contributed by atoms with E-state index in [1.165, 1.54) is 7.05 Å². The molecule has 0 saturated carbocycles. The highest BCUT2D eigenvalue weighted by molar-refractivity contribution is 9.10. The third-order valence-electron chi connectivity index (χ3n) is 2.64. The molecule has 0 spiro atoms. The van der Waals surface area contributed by atoms with E-state index in [0.717, 1.165) is 15.1 Å². The van der Waals surface area contributed by atoms with Crippen LogP contribution in [-0.2, 0) is 9.59 Å². The molecule has 1 fully saturated rings. The van der Waals surface area contributed by atoms with Crippen molar-refractivity contribution in [2.24, 2.45) is 0 Å². The zero-order chi connectivity index (χ0) is 12.6. The Balaban J connectivity index is 2.14. The molecule has 0 aromatic heterocycles. The van der Waals surface area contributed by atoms with Gasteiger partial charge in [0.2, 0.25) is 5.91 Å². The van der Waals surface area contributed by atoms with Gasteiger partial charge in [-0.1, -0.05) is 11.6 Å². The molecule has 1 aliphatic heterocycles. The van der Waals surface area contributed by atoms with E-state index in [9.17, 15) is 9.59 Å². The maximum atomic E-state index is 11.7. The molecule has 4 nitrogen and oxygen atoms in total. The Labute approximate surface area is 112 Å². The first-order valence-electron chi connectivity index (χ1n) is 5.01. The number of nitrogens with one attached hydrogen (secondary N) is 1. The van der Waals surface area contributed by atoms with Crippen LogP contribution < -0.4 is 5.32 Å². The van der Waals surface area contributed by atoms with Crippen molar-refractivity contribution in [3.63, 3.8) is 0 Å². The minimum atomic E-state index is -0.486. The molecule has 1 atom stereocenters. The number of hydrogen-bond acceptors (Lipinski definition) is 3. The Morgan fingerprint density at radius 2 is 2.18 bits per heavy atom. The SMILES string of the molecule is CN1C(=O)CC(Nc2ccc(Cl)c(Br)c2)C1=O. The minimum absolute atomic E-state index is 0.166. The topological polar surface area (TPSA) is 49.4 Å². The van der Waals surface area contributed by atoms with Crippen LogP contribution in [0.5, 0.6) is 0 Å². The van der Waals surface area contributed by atoms with Gasteiger partial charge in [-0.2, -0.15) is 0 Å². The standard InChI is InChI=1S/C11H10BrClN2O2/c1-15-10(16)5-9(11(15)17)14-6-2-3-8(13)7(12)4-6/h2-4,9,14H,5H2,1H3. The fourth-order valence-corrected chi connectivity index (χ4v) is 2.15. The highest BCUT2D eigenvalue weighted by atomic mass is 79.9. The van der Waals surface area contributed by atoms with Gasteiger partial charge in [0, 0.05) is 17.2 Å². The summed E-state index contributed by atoms with van der Waals surface area (Å²) in [5, 5.41) is 3.62. The van der Waals surface area contributed by atoms with Crippen LogP contribution in [0, 0.1) is 0 Å². The van der Waals surface area contributed by atoms with E-state index >= 15 is 0 Å². The number of halogens is 2. The van der Waals surface area contributed by atoms with Gasteiger partial charge in [0.05, 0.1) is 11.4 Å². The van der Waals surface area contributed by atoms with Crippen LogP contribution >= 0.6 is 27.5 Å². The smallest absolute Gasteiger partial charge is 0.251 e. The minimum Gasteiger partial charge on any atom is -0.373 e. The molecule has 0 aliphatic carbocycles. The number of amides is 2. The molecule has 1 saturated heterocycles. The second kappa shape index (κ2) is 4.66. The molecule has 0 radical (unpaired) electrons. The van der Waals surface area contributed by atoms with Crippen molar-refractivity contribution < 1.29 is 9.59 Å². The number of carbonyl (C=O) groups is 2. The summed E-state index contributed by atoms with van der Waals surface area (Å²) in [6, 6.07) is 4.78. The summed E-state index contributed by atoms with van der Waals surface area (Å²) in [4.78, 5) is 24.2. The zero-order valence-corrected chi connectivity index (χ0v) is 11.4. The van der Waals surface area contributed by atoms with Crippen LogP contribution in [-0.4, -0.2) is 29.8 Å². The van der Waals surface area contributed by atoms with Gasteiger partial charge in [-0.3, -0.25) is 14.5 Å². The van der Waals surface area contributed by atoms with E-state index in [0.29, 0.717) is 5.02 Å². The third-order valence-corrected chi connectivity index (χ3v) is 3.86. The monoisotopic (exact) mass is 316 g/mol. The largest absolute Gasteiger partial charge is 0.373 e. The number of benzene rings is 1. The molecule has 6 heteroatoms. The van der Waals surface area contributed by atoms with Gasteiger partial charge in [0.1, 0.15) is 6.04 Å². The van der Waals surface area contributed by atoms with E-state index in [2.05, 4.69) is 21.2 Å². The van der Waals surface area contributed by atoms with Crippen molar-refractivity contribution in [1.82, 2.24) is 4.90 Å². The summed E-state index contributed by atoms with van der Waals surface area (Å²) >= 11 is 9.17. The van der Waals surface area contributed by atoms with Gasteiger partial charge in [0.25, 0.3) is 5.91 Å². The number of imide groups is 1. The van der Waals surface area contributed by atoms with E-state index < -0.39 is 6.04 Å². The first-order chi connectivity index (χ1) is 7.99. The summed E-state index contributed by atoms with van der Waals surface area (Å²) in [6.07, 6.45) is 0.190. The average molecular weight is 318 g/mol. The molecule has 1 aromatic rings. The fourth-order valence-electron chi connectivity index (χ4n) is 1.66. The van der Waals surface area contributed by atoms with Gasteiger partial charge >= 0.3 is 0 Å². The van der Waals surface area contributed by atoms with Gasteiger partial charge in [-0.15, -0.1) is 0 Å². The summed E-state index contributed by atoms with van der Waals surface area (Å²) < 4.78 is 0.745. The third kappa shape index (κ3) is 2.45. The number of likely N-dealkylation sites (tertiary alicyclic amines) is 1. The van der Waals surface area contributed by atoms with Crippen LogP contribution in [0.25, 0.3) is 0 Å². The number of carbonyl (C=O) groups excluding carboxylic acids is 2. The number of likely N-dealkylation sites (N-methyl/N-ethyl adjacent to an activating group) is 1. The summed E-state index contributed by atoms with van der Waals surface area (Å²) in [7, 11) is 1.49. The molecule has 2 amide bonds. The Bertz CT molecular complexity index is 492. The molecular weight excluding hydrogens is 307 g/mol. The molecule has 2 rings (SSSR count). The molecule has 0 bridgehead atoms. The van der Waals surface area contributed by atoms with Gasteiger partial charge in [-0.05, 0) is 34.1 Å². The summed E-state index contributed by atoms with van der Waals surface area (Å²) in [5.41, 5.74) is 0.753. The molecule has 1 heterocycles. The Hall–Kier alpha value is -1.07. The predicted octanol–water partition coefficient (Wildman–Crippen LogP) is 2.27. The first kappa shape index (κ1) is 12.4. The Kier molecular flexibility index (Phi) is 3.40. The summed E-state index contributed by atoms with van der Waals surface area (Å²) in [6.45, 7) is 0. The van der Waals surface area contributed by atoms with Crippen molar-refractivity contribution >= 4 is 45.0 Å². The van der Waals surface area contributed by atoms with Crippen molar-refractivity contribution in [3.05, 3.63) is 27.7 Å². The molecule has 1 unspecified atom stereocenters. The molecule has 1 aliphatic rings. The Morgan fingerprint density at radius 1 is 1.47 bits per heavy atom. The highest BCUT2D eigenvalue weighted by Crippen LogP contribution is 2.26. The van der Waals surface area contributed by atoms with Gasteiger partial charge in [-0.25, -0.2) is 0 Å². The number of hydrogen-bond donors (Lipinski definition) is 1. The molecular formula is C11H10BrClN2O2. The van der Waals surface area contributed by atoms with E-state index in [1.54, 1.807) is 18.2 Å². The van der Waals surface area contributed by atoms with Crippen LogP contribution in [0.2, 0.25) is 5.02 Å². The number of rotatable bonds is 2. The quantitative estimate of drug-likeness (QED) is 0.851. The Morgan fingerprint density at radius 3 is 2.71 bits per heavy atom. The van der Waals surface area contributed by atoms with Crippen molar-refractivity contribution in [3.8, 4) is 0 Å². The van der Waals surface area contributed by atoms with E-state index in [4.69, 9.17) is 11.6 Å². The van der Waals surface area contributed by atoms with E-state index in [-0.39, 0.29) is 18.2 Å². The molecule has 90 valence electrons. The maximum Gasteiger partial charge on any atom is 0.251 e. The predicted molar refractivity (Wildman–Crippen MR) is 69.0 cm³/mol. The first-order valence-corrected chi connectivity index (χ1v) is 6.18. The van der Waals surface area contributed by atoms with Crippen LogP contribution in [0.1, 0.15) is 6.42 Å². The van der Waals surface area contributed by atoms with Crippen LogP contribution in [0.15, 0.2) is 22.7 Å². The number of nitrogens with zero attached hydrogens (tertiary/aromatic N) is 1. The lowest BCUT2D eigenvalue weighted by Crippen LogP contribution is -2.31. The summed E-state index contributed by atoms with van der Waals surface area (Å²) in [5.74, 6) is -0.374. The second-order valence-electron chi connectivity index (χ2n) is 3.82. The van der Waals surface area contributed by atoms with Crippen molar-refractivity contribution in [2.75, 3.05) is 12.4 Å². The highest BCUT2D eigenvalue weighted by Gasteiger charge is 2.35. The lowest BCUT2D eigenvalue weighted by Gasteiger charge is -2.12.